The molecule has 0 aliphatic heterocycles. The van der Waals surface area contributed by atoms with Crippen molar-refractivity contribution in [1.29, 1.82) is 5.26 Å². The van der Waals surface area contributed by atoms with Crippen LogP contribution in [0.3, 0.4) is 0 Å². The Kier molecular flexibility index (Phi) is 3.53. The molecule has 17 heavy (non-hydrogen) atoms. The zero-order valence-electron chi connectivity index (χ0n) is 10.4. The molecule has 0 unspecified atom stereocenters. The van der Waals surface area contributed by atoms with Gasteiger partial charge in [-0.3, -0.25) is 0 Å². The predicted molar refractivity (Wildman–Crippen MR) is 68.3 cm³/mol. The summed E-state index contributed by atoms with van der Waals surface area (Å²) in [6.07, 6.45) is 2.64. The molecule has 0 heterocycles. The minimum atomic E-state index is 0.730. The maximum Gasteiger partial charge on any atom is 0.121 e. The molecule has 3 nitrogen and oxygen atoms in total. The summed E-state index contributed by atoms with van der Waals surface area (Å²) in [5.74, 6) is 1.63. The van der Waals surface area contributed by atoms with Gasteiger partial charge in [0.15, 0.2) is 0 Å². The SMILES string of the molecule is CCN(CC1CC1)c1cc(OC)ccc1C#N. The number of hydrogen-bond acceptors (Lipinski definition) is 3. The van der Waals surface area contributed by atoms with Gasteiger partial charge in [-0.15, -0.1) is 0 Å². The van der Waals surface area contributed by atoms with Gasteiger partial charge in [0.25, 0.3) is 0 Å². The molecule has 0 aromatic heterocycles. The summed E-state index contributed by atoms with van der Waals surface area (Å²) >= 11 is 0. The van der Waals surface area contributed by atoms with Crippen LogP contribution in [-0.4, -0.2) is 20.2 Å². The third-order valence-electron chi connectivity index (χ3n) is 3.22. The van der Waals surface area contributed by atoms with Gasteiger partial charge in [-0.2, -0.15) is 5.26 Å². The largest absolute Gasteiger partial charge is 0.497 e. The second-order valence-electron chi connectivity index (χ2n) is 4.48. The Balaban J connectivity index is 2.28. The molecule has 1 aliphatic rings. The molecular weight excluding hydrogens is 212 g/mol. The Hall–Kier alpha value is -1.69. The number of ether oxygens (including phenoxy) is 1. The molecule has 0 radical (unpaired) electrons. The summed E-state index contributed by atoms with van der Waals surface area (Å²) in [5, 5.41) is 9.16. The van der Waals surface area contributed by atoms with Crippen LogP contribution >= 0.6 is 0 Å². The Morgan fingerprint density at radius 3 is 2.76 bits per heavy atom. The minimum absolute atomic E-state index is 0.730. The van der Waals surface area contributed by atoms with Crippen molar-refractivity contribution in [3.63, 3.8) is 0 Å². The molecule has 0 N–H and O–H groups in total. The molecule has 2 rings (SSSR count). The van der Waals surface area contributed by atoms with Crippen LogP contribution in [0.15, 0.2) is 18.2 Å². The lowest BCUT2D eigenvalue weighted by Gasteiger charge is -2.24. The normalized spacial score (nSPS) is 14.2. The molecule has 0 spiro atoms. The van der Waals surface area contributed by atoms with E-state index in [9.17, 15) is 0 Å². The highest BCUT2D eigenvalue weighted by molar-refractivity contribution is 5.62. The fourth-order valence-corrected chi connectivity index (χ4v) is 2.00. The third kappa shape index (κ3) is 2.71. The number of rotatable bonds is 5. The van der Waals surface area contributed by atoms with Crippen molar-refractivity contribution in [3.8, 4) is 11.8 Å². The highest BCUT2D eigenvalue weighted by atomic mass is 16.5. The van der Waals surface area contributed by atoms with Crippen LogP contribution in [0.25, 0.3) is 0 Å². The Labute approximate surface area is 103 Å². The first-order chi connectivity index (χ1) is 8.28. The highest BCUT2D eigenvalue weighted by Crippen LogP contribution is 2.33. The van der Waals surface area contributed by atoms with E-state index >= 15 is 0 Å². The number of nitrogens with zero attached hydrogens (tertiary/aromatic N) is 2. The molecule has 1 fully saturated rings. The summed E-state index contributed by atoms with van der Waals surface area (Å²) in [6, 6.07) is 7.90. The van der Waals surface area contributed by atoms with Gasteiger partial charge in [-0.05, 0) is 37.8 Å². The van der Waals surface area contributed by atoms with Crippen LogP contribution in [-0.2, 0) is 0 Å². The average molecular weight is 230 g/mol. The van der Waals surface area contributed by atoms with Crippen molar-refractivity contribution >= 4 is 5.69 Å². The number of hydrogen-bond donors (Lipinski definition) is 0. The van der Waals surface area contributed by atoms with Crippen LogP contribution in [0.4, 0.5) is 5.69 Å². The number of benzene rings is 1. The first-order valence-electron chi connectivity index (χ1n) is 6.11. The molecule has 0 saturated heterocycles. The van der Waals surface area contributed by atoms with Crippen molar-refractivity contribution < 1.29 is 4.74 Å². The molecule has 0 atom stereocenters. The lowest BCUT2D eigenvalue weighted by molar-refractivity contribution is 0.414. The molecular formula is C14H18N2O. The van der Waals surface area contributed by atoms with Crippen LogP contribution in [0, 0.1) is 17.2 Å². The van der Waals surface area contributed by atoms with E-state index in [-0.39, 0.29) is 0 Å². The third-order valence-corrected chi connectivity index (χ3v) is 3.22. The number of anilines is 1. The average Bonchev–Trinajstić information content (AvgIpc) is 3.19. The highest BCUT2D eigenvalue weighted by Gasteiger charge is 2.24. The van der Waals surface area contributed by atoms with Gasteiger partial charge in [-0.25, -0.2) is 0 Å². The molecule has 0 bridgehead atoms. The first-order valence-corrected chi connectivity index (χ1v) is 6.11. The van der Waals surface area contributed by atoms with E-state index in [2.05, 4.69) is 17.9 Å². The molecule has 0 amide bonds. The van der Waals surface area contributed by atoms with Crippen molar-refractivity contribution in [2.24, 2.45) is 5.92 Å². The zero-order chi connectivity index (χ0) is 12.3. The molecule has 90 valence electrons. The van der Waals surface area contributed by atoms with Crippen LogP contribution < -0.4 is 9.64 Å². The molecule has 3 heteroatoms. The molecule has 1 aromatic rings. The second kappa shape index (κ2) is 5.09. The topological polar surface area (TPSA) is 36.3 Å². The van der Waals surface area contributed by atoms with Crippen LogP contribution in [0.1, 0.15) is 25.3 Å². The van der Waals surface area contributed by atoms with Gasteiger partial charge < -0.3 is 9.64 Å². The van der Waals surface area contributed by atoms with Gasteiger partial charge in [-0.1, -0.05) is 0 Å². The Bertz CT molecular complexity index is 432. The quantitative estimate of drug-likeness (QED) is 0.780. The maximum atomic E-state index is 9.16. The van der Waals surface area contributed by atoms with Crippen molar-refractivity contribution in [2.45, 2.75) is 19.8 Å². The van der Waals surface area contributed by atoms with E-state index in [0.29, 0.717) is 0 Å². The summed E-state index contributed by atoms with van der Waals surface area (Å²) in [7, 11) is 1.66. The van der Waals surface area contributed by atoms with Gasteiger partial charge >= 0.3 is 0 Å². The van der Waals surface area contributed by atoms with E-state index in [1.54, 1.807) is 7.11 Å². The number of methoxy groups -OCH3 is 1. The van der Waals surface area contributed by atoms with Crippen LogP contribution in [0.2, 0.25) is 0 Å². The first kappa shape index (κ1) is 11.8. The smallest absolute Gasteiger partial charge is 0.121 e. The predicted octanol–water partition coefficient (Wildman–Crippen LogP) is 2.80. The lowest BCUT2D eigenvalue weighted by atomic mass is 10.1. The fraction of sp³-hybridized carbons (Fsp3) is 0.500. The Morgan fingerprint density at radius 1 is 1.47 bits per heavy atom. The standard InChI is InChI=1S/C14H18N2O/c1-3-16(10-11-4-5-11)14-8-13(17-2)7-6-12(14)9-15/h6-8,11H,3-5,10H2,1-2H3. The maximum absolute atomic E-state index is 9.16. The van der Waals surface area contributed by atoms with Crippen molar-refractivity contribution in [1.82, 2.24) is 0 Å². The number of nitriles is 1. The van der Waals surface area contributed by atoms with Gasteiger partial charge in [0.2, 0.25) is 0 Å². The summed E-state index contributed by atoms with van der Waals surface area (Å²) in [6.45, 7) is 4.11. The molecule has 1 saturated carbocycles. The van der Waals surface area contributed by atoms with Gasteiger partial charge in [0.05, 0.1) is 18.4 Å². The van der Waals surface area contributed by atoms with E-state index in [4.69, 9.17) is 10.00 Å². The van der Waals surface area contributed by atoms with E-state index in [0.717, 1.165) is 36.0 Å². The molecule has 1 aromatic carbocycles. The van der Waals surface area contributed by atoms with Crippen LogP contribution in [0.5, 0.6) is 5.75 Å². The summed E-state index contributed by atoms with van der Waals surface area (Å²) < 4.78 is 5.23. The monoisotopic (exact) mass is 230 g/mol. The second-order valence-corrected chi connectivity index (χ2v) is 4.48. The van der Waals surface area contributed by atoms with E-state index in [1.165, 1.54) is 12.8 Å². The van der Waals surface area contributed by atoms with Gasteiger partial charge in [0, 0.05) is 19.2 Å². The van der Waals surface area contributed by atoms with E-state index in [1.807, 2.05) is 18.2 Å². The van der Waals surface area contributed by atoms with E-state index < -0.39 is 0 Å². The lowest BCUT2D eigenvalue weighted by Crippen LogP contribution is -2.26. The van der Waals surface area contributed by atoms with Crippen molar-refractivity contribution in [2.75, 3.05) is 25.1 Å². The van der Waals surface area contributed by atoms with Gasteiger partial charge in [0.1, 0.15) is 11.8 Å². The fourth-order valence-electron chi connectivity index (χ4n) is 2.00. The summed E-state index contributed by atoms with van der Waals surface area (Å²) in [5.41, 5.74) is 1.73. The van der Waals surface area contributed by atoms with Crippen molar-refractivity contribution in [3.05, 3.63) is 23.8 Å². The summed E-state index contributed by atoms with van der Waals surface area (Å²) in [4.78, 5) is 2.28. The zero-order valence-corrected chi connectivity index (χ0v) is 10.4. The Morgan fingerprint density at radius 2 is 2.24 bits per heavy atom. The molecule has 1 aliphatic carbocycles. The minimum Gasteiger partial charge on any atom is -0.497 e.